The van der Waals surface area contributed by atoms with Gasteiger partial charge in [-0.1, -0.05) is 59.9 Å². The lowest BCUT2D eigenvalue weighted by molar-refractivity contribution is 0.709. The standard InChI is InChI=1S/C22H20N4O2S/c27-20-18-19(23-21(29-18)24-13-7-8-14-24)25(15-16-9-3-1-4-10-16)22(28)26(20)17-11-5-2-6-12-17/h1-6,9-12H,7-8,13-15H2. The van der Waals surface area contributed by atoms with E-state index in [1.165, 1.54) is 15.9 Å². The summed E-state index contributed by atoms with van der Waals surface area (Å²) in [5.74, 6) is 0. The summed E-state index contributed by atoms with van der Waals surface area (Å²) in [7, 11) is 0. The van der Waals surface area contributed by atoms with Crippen LogP contribution in [0.3, 0.4) is 0 Å². The van der Waals surface area contributed by atoms with E-state index in [-0.39, 0.29) is 11.2 Å². The molecule has 7 heteroatoms. The van der Waals surface area contributed by atoms with Gasteiger partial charge in [0.05, 0.1) is 12.2 Å². The number of aromatic nitrogens is 3. The number of nitrogens with zero attached hydrogens (tertiary/aromatic N) is 4. The first-order valence-electron chi connectivity index (χ1n) is 9.73. The molecule has 0 radical (unpaired) electrons. The van der Waals surface area contributed by atoms with E-state index in [1.54, 1.807) is 16.7 Å². The number of para-hydroxylation sites is 1. The molecule has 0 bridgehead atoms. The van der Waals surface area contributed by atoms with Crippen molar-refractivity contribution < 1.29 is 0 Å². The smallest absolute Gasteiger partial charge is 0.337 e. The van der Waals surface area contributed by atoms with Crippen LogP contribution in [0.1, 0.15) is 18.4 Å². The van der Waals surface area contributed by atoms with E-state index in [0.717, 1.165) is 36.6 Å². The summed E-state index contributed by atoms with van der Waals surface area (Å²) < 4.78 is 3.40. The van der Waals surface area contributed by atoms with Crippen LogP contribution in [0.2, 0.25) is 0 Å². The molecule has 1 fully saturated rings. The van der Waals surface area contributed by atoms with Gasteiger partial charge in [0.1, 0.15) is 4.70 Å². The first-order chi connectivity index (χ1) is 14.2. The average molecular weight is 404 g/mol. The maximum Gasteiger partial charge on any atom is 0.337 e. The first kappa shape index (κ1) is 17.9. The monoisotopic (exact) mass is 404 g/mol. The highest BCUT2D eigenvalue weighted by atomic mass is 32.1. The van der Waals surface area contributed by atoms with E-state index >= 15 is 0 Å². The highest BCUT2D eigenvalue weighted by Crippen LogP contribution is 2.29. The van der Waals surface area contributed by atoms with Crippen molar-refractivity contribution in [3.8, 4) is 5.69 Å². The van der Waals surface area contributed by atoms with E-state index < -0.39 is 0 Å². The number of anilines is 1. The predicted molar refractivity (Wildman–Crippen MR) is 116 cm³/mol. The van der Waals surface area contributed by atoms with Crippen molar-refractivity contribution >= 4 is 26.8 Å². The maximum absolute atomic E-state index is 13.4. The molecule has 5 rings (SSSR count). The fraction of sp³-hybridized carbons (Fsp3) is 0.227. The Kier molecular flexibility index (Phi) is 4.52. The molecule has 2 aromatic carbocycles. The maximum atomic E-state index is 13.4. The minimum absolute atomic E-state index is 0.302. The predicted octanol–water partition coefficient (Wildman–Crippen LogP) is 3.26. The molecular formula is C22H20N4O2S. The van der Waals surface area contributed by atoms with Crippen LogP contribution >= 0.6 is 11.3 Å². The van der Waals surface area contributed by atoms with Crippen molar-refractivity contribution in [1.29, 1.82) is 0 Å². The molecule has 1 aliphatic rings. The van der Waals surface area contributed by atoms with Gasteiger partial charge in [0, 0.05) is 13.1 Å². The van der Waals surface area contributed by atoms with Crippen molar-refractivity contribution in [3.63, 3.8) is 0 Å². The second kappa shape index (κ2) is 7.33. The molecular weight excluding hydrogens is 384 g/mol. The molecule has 0 amide bonds. The minimum atomic E-state index is -0.365. The van der Waals surface area contributed by atoms with E-state index in [2.05, 4.69) is 4.90 Å². The first-order valence-corrected chi connectivity index (χ1v) is 10.5. The van der Waals surface area contributed by atoms with Crippen LogP contribution < -0.4 is 16.1 Å². The van der Waals surface area contributed by atoms with Gasteiger partial charge in [0.15, 0.2) is 10.8 Å². The molecule has 6 nitrogen and oxygen atoms in total. The molecule has 1 aliphatic heterocycles. The Hall–Kier alpha value is -3.19. The van der Waals surface area contributed by atoms with Crippen LogP contribution in [0.25, 0.3) is 16.0 Å². The third kappa shape index (κ3) is 3.17. The average Bonchev–Trinajstić information content (AvgIpc) is 3.43. The lowest BCUT2D eigenvalue weighted by atomic mass is 10.2. The Morgan fingerprint density at radius 2 is 1.55 bits per heavy atom. The van der Waals surface area contributed by atoms with Crippen LogP contribution in [0.15, 0.2) is 70.3 Å². The van der Waals surface area contributed by atoms with Crippen molar-refractivity contribution in [2.24, 2.45) is 0 Å². The summed E-state index contributed by atoms with van der Waals surface area (Å²) in [6, 6.07) is 18.9. The number of hydrogen-bond acceptors (Lipinski definition) is 5. The van der Waals surface area contributed by atoms with Crippen molar-refractivity contribution in [2.45, 2.75) is 19.4 Å². The van der Waals surface area contributed by atoms with Crippen LogP contribution in [0.4, 0.5) is 5.13 Å². The molecule has 0 unspecified atom stereocenters. The van der Waals surface area contributed by atoms with Gasteiger partial charge in [0.25, 0.3) is 5.56 Å². The van der Waals surface area contributed by atoms with Crippen molar-refractivity contribution in [1.82, 2.24) is 14.1 Å². The summed E-state index contributed by atoms with van der Waals surface area (Å²) in [6.07, 6.45) is 2.25. The lowest BCUT2D eigenvalue weighted by Gasteiger charge is -2.12. The number of fused-ring (bicyclic) bond motifs is 1. The number of rotatable bonds is 4. The van der Waals surface area contributed by atoms with Gasteiger partial charge in [-0.3, -0.25) is 9.36 Å². The third-order valence-electron chi connectivity index (χ3n) is 5.25. The summed E-state index contributed by atoms with van der Waals surface area (Å²) in [5.41, 5.74) is 1.37. The number of hydrogen-bond donors (Lipinski definition) is 0. The SMILES string of the molecule is O=c1c2sc(N3CCCC3)nc2n(Cc2ccccc2)c(=O)n1-c1ccccc1. The zero-order valence-electron chi connectivity index (χ0n) is 15.8. The number of benzene rings is 2. The van der Waals surface area contributed by atoms with Gasteiger partial charge >= 0.3 is 5.69 Å². The van der Waals surface area contributed by atoms with E-state index in [0.29, 0.717) is 22.6 Å². The van der Waals surface area contributed by atoms with Gasteiger partial charge in [-0.15, -0.1) is 0 Å². The zero-order valence-corrected chi connectivity index (χ0v) is 16.6. The normalized spacial score (nSPS) is 14.0. The van der Waals surface area contributed by atoms with Crippen LogP contribution in [-0.2, 0) is 6.54 Å². The Labute approximate surface area is 171 Å². The van der Waals surface area contributed by atoms with Crippen molar-refractivity contribution in [2.75, 3.05) is 18.0 Å². The van der Waals surface area contributed by atoms with E-state index in [4.69, 9.17) is 4.98 Å². The Morgan fingerprint density at radius 3 is 2.24 bits per heavy atom. The Bertz CT molecular complexity index is 1270. The molecule has 4 aromatic rings. The van der Waals surface area contributed by atoms with Crippen LogP contribution in [-0.4, -0.2) is 27.2 Å². The van der Waals surface area contributed by atoms with Gasteiger partial charge in [-0.05, 0) is 30.5 Å². The highest BCUT2D eigenvalue weighted by molar-refractivity contribution is 7.22. The molecule has 146 valence electrons. The van der Waals surface area contributed by atoms with E-state index in [1.807, 2.05) is 48.5 Å². The largest absolute Gasteiger partial charge is 0.348 e. The minimum Gasteiger partial charge on any atom is -0.348 e. The quantitative estimate of drug-likeness (QED) is 0.524. The van der Waals surface area contributed by atoms with E-state index in [9.17, 15) is 9.59 Å². The summed E-state index contributed by atoms with van der Waals surface area (Å²) in [5, 5.41) is 0.821. The molecule has 0 aliphatic carbocycles. The summed E-state index contributed by atoms with van der Waals surface area (Å²) >= 11 is 1.39. The Balaban J connectivity index is 1.77. The molecule has 0 atom stereocenters. The third-order valence-corrected chi connectivity index (χ3v) is 6.34. The molecule has 0 N–H and O–H groups in total. The highest BCUT2D eigenvalue weighted by Gasteiger charge is 2.22. The number of thiazole rings is 1. The second-order valence-corrected chi connectivity index (χ2v) is 8.15. The molecule has 0 saturated carbocycles. The topological polar surface area (TPSA) is 60.1 Å². The van der Waals surface area contributed by atoms with Gasteiger partial charge in [0.2, 0.25) is 0 Å². The summed E-state index contributed by atoms with van der Waals surface area (Å²) in [4.78, 5) is 33.6. The van der Waals surface area contributed by atoms with Gasteiger partial charge in [-0.2, -0.15) is 0 Å². The second-order valence-electron chi connectivity index (χ2n) is 7.17. The van der Waals surface area contributed by atoms with Gasteiger partial charge in [-0.25, -0.2) is 14.3 Å². The van der Waals surface area contributed by atoms with Gasteiger partial charge < -0.3 is 4.90 Å². The van der Waals surface area contributed by atoms with Crippen LogP contribution in [0.5, 0.6) is 0 Å². The van der Waals surface area contributed by atoms with Crippen LogP contribution in [0, 0.1) is 0 Å². The molecule has 0 spiro atoms. The Morgan fingerprint density at radius 1 is 0.897 bits per heavy atom. The summed E-state index contributed by atoms with van der Waals surface area (Å²) in [6.45, 7) is 2.25. The molecule has 2 aromatic heterocycles. The fourth-order valence-corrected chi connectivity index (χ4v) is 4.83. The lowest BCUT2D eigenvalue weighted by Crippen LogP contribution is -2.38. The molecule has 29 heavy (non-hydrogen) atoms. The molecule has 3 heterocycles. The zero-order chi connectivity index (χ0) is 19.8. The van der Waals surface area contributed by atoms with Crippen molar-refractivity contribution in [3.05, 3.63) is 87.1 Å². The molecule has 1 saturated heterocycles. The fourth-order valence-electron chi connectivity index (χ4n) is 3.78.